The van der Waals surface area contributed by atoms with Gasteiger partial charge in [-0.2, -0.15) is 5.01 Å². The Bertz CT molecular complexity index is 875. The predicted octanol–water partition coefficient (Wildman–Crippen LogP) is 1.35. The number of hydrogen-bond acceptors (Lipinski definition) is 5. The molecule has 26 heavy (non-hydrogen) atoms. The van der Waals surface area contributed by atoms with Gasteiger partial charge in [-0.25, -0.2) is 4.79 Å². The minimum absolute atomic E-state index is 0.214. The van der Waals surface area contributed by atoms with E-state index < -0.39 is 23.4 Å². The molecule has 0 saturated carbocycles. The smallest absolute Gasteiger partial charge is 0.344 e. The van der Waals surface area contributed by atoms with E-state index in [9.17, 15) is 19.2 Å². The molecule has 9 heteroatoms. The zero-order valence-electron chi connectivity index (χ0n) is 14.0. The van der Waals surface area contributed by atoms with E-state index in [0.29, 0.717) is 10.7 Å². The van der Waals surface area contributed by atoms with Crippen molar-refractivity contribution in [2.45, 2.75) is 19.4 Å². The van der Waals surface area contributed by atoms with Gasteiger partial charge in [0.2, 0.25) is 5.91 Å². The van der Waals surface area contributed by atoms with Crippen molar-refractivity contribution >= 4 is 29.4 Å². The highest BCUT2D eigenvalue weighted by Gasteiger charge is 2.52. The first-order valence-electron chi connectivity index (χ1n) is 7.70. The lowest BCUT2D eigenvalue weighted by Gasteiger charge is -2.19. The fourth-order valence-electron chi connectivity index (χ4n) is 2.54. The van der Waals surface area contributed by atoms with Gasteiger partial charge in [-0.3, -0.25) is 19.8 Å². The number of nitrogens with one attached hydrogen (secondary N) is 3. The Labute approximate surface area is 148 Å². The number of rotatable bonds is 4. The van der Waals surface area contributed by atoms with Crippen LogP contribution in [0, 0.1) is 0 Å². The van der Waals surface area contributed by atoms with Gasteiger partial charge in [0.1, 0.15) is 5.76 Å². The number of nitrogens with zero attached hydrogens (tertiary/aromatic N) is 1. The molecule has 1 aromatic heterocycles. The van der Waals surface area contributed by atoms with E-state index in [1.807, 2.05) is 0 Å². The molecule has 1 fully saturated rings. The summed E-state index contributed by atoms with van der Waals surface area (Å²) in [6.45, 7) is 2.86. The van der Waals surface area contributed by atoms with Crippen LogP contribution in [0.4, 0.5) is 10.5 Å². The van der Waals surface area contributed by atoms with Gasteiger partial charge in [0.05, 0.1) is 6.26 Å². The maximum atomic E-state index is 12.6. The van der Waals surface area contributed by atoms with Crippen LogP contribution in [0.2, 0.25) is 0 Å². The van der Waals surface area contributed by atoms with Gasteiger partial charge in [0.25, 0.3) is 11.8 Å². The van der Waals surface area contributed by atoms with E-state index in [1.54, 1.807) is 12.1 Å². The van der Waals surface area contributed by atoms with Crippen molar-refractivity contribution in [3.63, 3.8) is 0 Å². The molecule has 0 spiro atoms. The van der Waals surface area contributed by atoms with Crippen LogP contribution in [0.1, 0.15) is 30.0 Å². The Morgan fingerprint density at radius 3 is 2.42 bits per heavy atom. The minimum Gasteiger partial charge on any atom is -0.466 e. The Morgan fingerprint density at radius 1 is 1.15 bits per heavy atom. The molecule has 1 atom stereocenters. The lowest BCUT2D eigenvalue weighted by atomic mass is 10.00. The van der Waals surface area contributed by atoms with Crippen LogP contribution in [-0.4, -0.2) is 28.8 Å². The van der Waals surface area contributed by atoms with Crippen LogP contribution >= 0.6 is 0 Å². The highest BCUT2D eigenvalue weighted by molar-refractivity contribution is 6.09. The Balaban J connectivity index is 1.74. The van der Waals surface area contributed by atoms with Gasteiger partial charge in [-0.15, -0.1) is 0 Å². The number of hydrogen-bond donors (Lipinski definition) is 3. The average Bonchev–Trinajstić information content (AvgIpc) is 3.19. The molecule has 2 aromatic rings. The van der Waals surface area contributed by atoms with E-state index in [0.717, 1.165) is 0 Å². The van der Waals surface area contributed by atoms with E-state index >= 15 is 0 Å². The summed E-state index contributed by atoms with van der Waals surface area (Å²) < 4.78 is 5.21. The quantitative estimate of drug-likeness (QED) is 0.714. The predicted molar refractivity (Wildman–Crippen MR) is 89.6 cm³/mol. The number of carbonyl (C=O) groups excluding carboxylic acids is 4. The van der Waals surface area contributed by atoms with E-state index in [4.69, 9.17) is 4.42 Å². The van der Waals surface area contributed by atoms with Gasteiger partial charge >= 0.3 is 6.03 Å². The monoisotopic (exact) mass is 356 g/mol. The van der Waals surface area contributed by atoms with Crippen LogP contribution < -0.4 is 16.1 Å². The molecule has 3 rings (SSSR count). The zero-order chi connectivity index (χ0) is 18.9. The van der Waals surface area contributed by atoms with Crippen molar-refractivity contribution < 1.29 is 23.6 Å². The highest BCUT2D eigenvalue weighted by atomic mass is 16.3. The van der Waals surface area contributed by atoms with Gasteiger partial charge in [0, 0.05) is 18.2 Å². The Hall–Kier alpha value is -3.62. The number of imide groups is 1. The van der Waals surface area contributed by atoms with Crippen molar-refractivity contribution in [3.05, 3.63) is 54.0 Å². The molecule has 2 heterocycles. The van der Waals surface area contributed by atoms with Gasteiger partial charge in [0.15, 0.2) is 5.54 Å². The Kier molecular flexibility index (Phi) is 4.21. The first kappa shape index (κ1) is 17.2. The summed E-state index contributed by atoms with van der Waals surface area (Å²) in [7, 11) is 0. The molecule has 134 valence electrons. The van der Waals surface area contributed by atoms with Gasteiger partial charge < -0.3 is 15.1 Å². The molecule has 1 aliphatic heterocycles. The van der Waals surface area contributed by atoms with Crippen LogP contribution in [0.3, 0.4) is 0 Å². The normalized spacial score (nSPS) is 19.2. The lowest BCUT2D eigenvalue weighted by Crippen LogP contribution is -2.47. The second-order valence-corrected chi connectivity index (χ2v) is 5.87. The van der Waals surface area contributed by atoms with Crippen molar-refractivity contribution in [2.75, 3.05) is 5.32 Å². The van der Waals surface area contributed by atoms with Crippen LogP contribution in [0.5, 0.6) is 0 Å². The molecule has 1 aliphatic rings. The summed E-state index contributed by atoms with van der Waals surface area (Å²) >= 11 is 0. The van der Waals surface area contributed by atoms with Crippen LogP contribution in [-0.2, 0) is 15.1 Å². The number of furan rings is 1. The fourth-order valence-corrected chi connectivity index (χ4v) is 2.54. The fraction of sp³-hybridized carbons (Fsp3) is 0.176. The third-order valence-corrected chi connectivity index (χ3v) is 3.89. The molecule has 0 bridgehead atoms. The summed E-state index contributed by atoms with van der Waals surface area (Å²) in [5, 5.41) is 5.69. The van der Waals surface area contributed by atoms with Crippen molar-refractivity contribution in [2.24, 2.45) is 0 Å². The molecule has 3 N–H and O–H groups in total. The number of carbonyl (C=O) groups is 4. The Morgan fingerprint density at radius 2 is 1.85 bits per heavy atom. The zero-order valence-corrected chi connectivity index (χ0v) is 14.0. The molecule has 1 aromatic carbocycles. The highest BCUT2D eigenvalue weighted by Crippen LogP contribution is 2.28. The third-order valence-electron chi connectivity index (χ3n) is 3.89. The molecule has 5 amide bonds. The molecular weight excluding hydrogens is 340 g/mol. The molecular formula is C17H16N4O5. The first-order valence-corrected chi connectivity index (χ1v) is 7.70. The van der Waals surface area contributed by atoms with Crippen LogP contribution in [0.25, 0.3) is 0 Å². The standard InChI is InChI=1S/C17H16N4O5/c1-10(22)18-12-7-5-11(6-8-12)14(23)20-21-15(24)17(2,19-16(21)25)13-4-3-9-26-13/h3-9H,1-2H3,(H,18,22)(H,19,25)(H,20,23). The molecule has 0 aliphatic carbocycles. The van der Waals surface area contributed by atoms with Crippen molar-refractivity contribution in [1.82, 2.24) is 15.8 Å². The van der Waals surface area contributed by atoms with Crippen molar-refractivity contribution in [1.29, 1.82) is 0 Å². The number of benzene rings is 1. The van der Waals surface area contributed by atoms with Crippen LogP contribution in [0.15, 0.2) is 47.1 Å². The number of hydrazine groups is 1. The summed E-state index contributed by atoms with van der Waals surface area (Å²) in [6.07, 6.45) is 1.39. The van der Waals surface area contributed by atoms with E-state index in [2.05, 4.69) is 16.1 Å². The second kappa shape index (κ2) is 6.36. The second-order valence-electron chi connectivity index (χ2n) is 5.87. The lowest BCUT2D eigenvalue weighted by molar-refractivity contribution is -0.133. The van der Waals surface area contributed by atoms with E-state index in [-0.39, 0.29) is 17.2 Å². The first-order chi connectivity index (χ1) is 12.3. The molecule has 1 saturated heterocycles. The molecule has 1 unspecified atom stereocenters. The maximum absolute atomic E-state index is 12.6. The number of urea groups is 1. The summed E-state index contributed by atoms with van der Waals surface area (Å²) in [6, 6.07) is 8.39. The largest absolute Gasteiger partial charge is 0.466 e. The topological polar surface area (TPSA) is 121 Å². The average molecular weight is 356 g/mol. The number of amides is 5. The summed E-state index contributed by atoms with van der Waals surface area (Å²) in [4.78, 5) is 48.1. The van der Waals surface area contributed by atoms with E-state index in [1.165, 1.54) is 44.4 Å². The minimum atomic E-state index is -1.40. The van der Waals surface area contributed by atoms with Crippen molar-refractivity contribution in [3.8, 4) is 0 Å². The third kappa shape index (κ3) is 3.02. The number of anilines is 1. The van der Waals surface area contributed by atoms with Gasteiger partial charge in [-0.05, 0) is 43.3 Å². The van der Waals surface area contributed by atoms with Gasteiger partial charge in [-0.1, -0.05) is 0 Å². The molecule has 9 nitrogen and oxygen atoms in total. The summed E-state index contributed by atoms with van der Waals surface area (Å²) in [5.74, 6) is -1.29. The SMILES string of the molecule is CC(=O)Nc1ccc(C(=O)NN2C(=O)NC(C)(c3ccco3)C2=O)cc1. The maximum Gasteiger partial charge on any atom is 0.344 e. The summed E-state index contributed by atoms with van der Waals surface area (Å²) in [5.41, 5.74) is 1.61. The molecule has 0 radical (unpaired) electrons.